The van der Waals surface area contributed by atoms with Gasteiger partial charge in [0.25, 0.3) is 0 Å². The lowest BCUT2D eigenvalue weighted by Crippen LogP contribution is -2.46. The van der Waals surface area contributed by atoms with E-state index in [0.29, 0.717) is 13.1 Å². The van der Waals surface area contributed by atoms with E-state index < -0.39 is 0 Å². The number of likely N-dealkylation sites (N-methyl/N-ethyl adjacent to an activating group) is 1. The van der Waals surface area contributed by atoms with Crippen LogP contribution in [0, 0.1) is 0 Å². The van der Waals surface area contributed by atoms with Crippen LogP contribution in [0.5, 0.6) is 5.75 Å². The molecule has 1 amide bonds. The molecule has 0 aliphatic carbocycles. The topological polar surface area (TPSA) is 45.7 Å². The summed E-state index contributed by atoms with van der Waals surface area (Å²) in [6.45, 7) is 2.18. The standard InChI is InChI=1S/C22H29N3O2/c1-24-15-5-3-4-6-21(24)22(26)25(17-19-11-13-23-14-12-19)16-18-7-9-20(27-2)10-8-18/h7-14,21H,3-6,15-17H2,1-2H3/t21-/m0/s1. The van der Waals surface area contributed by atoms with Crippen LogP contribution in [0.15, 0.2) is 48.8 Å². The monoisotopic (exact) mass is 367 g/mol. The molecule has 5 nitrogen and oxygen atoms in total. The van der Waals surface area contributed by atoms with Crippen molar-refractivity contribution < 1.29 is 9.53 Å². The first-order chi connectivity index (χ1) is 13.2. The summed E-state index contributed by atoms with van der Waals surface area (Å²) in [6, 6.07) is 11.9. The zero-order valence-corrected chi connectivity index (χ0v) is 16.3. The van der Waals surface area contributed by atoms with E-state index in [2.05, 4.69) is 16.9 Å². The maximum atomic E-state index is 13.4. The molecule has 0 bridgehead atoms. The number of ether oxygens (including phenoxy) is 1. The zero-order valence-electron chi connectivity index (χ0n) is 16.3. The van der Waals surface area contributed by atoms with Crippen LogP contribution >= 0.6 is 0 Å². The molecule has 1 atom stereocenters. The van der Waals surface area contributed by atoms with Crippen LogP contribution in [0.3, 0.4) is 0 Å². The Morgan fingerprint density at radius 2 is 1.74 bits per heavy atom. The van der Waals surface area contributed by atoms with Gasteiger partial charge in [-0.1, -0.05) is 25.0 Å². The number of carbonyl (C=O) groups excluding carboxylic acids is 1. The average molecular weight is 367 g/mol. The average Bonchev–Trinajstić information content (AvgIpc) is 2.92. The second-order valence-corrected chi connectivity index (χ2v) is 7.24. The molecule has 1 aromatic heterocycles. The number of rotatable bonds is 6. The lowest BCUT2D eigenvalue weighted by atomic mass is 10.1. The highest BCUT2D eigenvalue weighted by atomic mass is 16.5. The minimum absolute atomic E-state index is 0.0346. The van der Waals surface area contributed by atoms with Gasteiger partial charge >= 0.3 is 0 Å². The van der Waals surface area contributed by atoms with E-state index in [-0.39, 0.29) is 11.9 Å². The number of likely N-dealkylation sites (tertiary alicyclic amines) is 1. The minimum atomic E-state index is -0.0346. The second-order valence-electron chi connectivity index (χ2n) is 7.24. The first-order valence-corrected chi connectivity index (χ1v) is 9.68. The number of nitrogens with zero attached hydrogens (tertiary/aromatic N) is 3. The molecule has 27 heavy (non-hydrogen) atoms. The van der Waals surface area contributed by atoms with Gasteiger partial charge in [-0.3, -0.25) is 14.7 Å². The third kappa shape index (κ3) is 5.30. The van der Waals surface area contributed by atoms with Crippen molar-refractivity contribution in [2.45, 2.75) is 44.8 Å². The van der Waals surface area contributed by atoms with E-state index in [1.54, 1.807) is 19.5 Å². The summed E-state index contributed by atoms with van der Waals surface area (Å²) in [4.78, 5) is 21.7. The van der Waals surface area contributed by atoms with Gasteiger partial charge in [0.1, 0.15) is 5.75 Å². The Balaban J connectivity index is 1.80. The fourth-order valence-electron chi connectivity index (χ4n) is 3.65. The maximum Gasteiger partial charge on any atom is 0.240 e. The lowest BCUT2D eigenvalue weighted by molar-refractivity contribution is -0.138. The van der Waals surface area contributed by atoms with Gasteiger partial charge in [0.15, 0.2) is 0 Å². The van der Waals surface area contributed by atoms with Gasteiger partial charge in [-0.25, -0.2) is 0 Å². The molecule has 5 heteroatoms. The first-order valence-electron chi connectivity index (χ1n) is 9.68. The quantitative estimate of drug-likeness (QED) is 0.784. The SMILES string of the molecule is COc1ccc(CN(Cc2ccncc2)C(=O)[C@@H]2CCCCCN2C)cc1. The van der Waals surface area contributed by atoms with Crippen molar-refractivity contribution in [3.63, 3.8) is 0 Å². The van der Waals surface area contributed by atoms with E-state index in [9.17, 15) is 4.79 Å². The van der Waals surface area contributed by atoms with Crippen molar-refractivity contribution in [1.29, 1.82) is 0 Å². The summed E-state index contributed by atoms with van der Waals surface area (Å²) in [6.07, 6.45) is 7.99. The molecule has 1 aliphatic rings. The fraction of sp³-hybridized carbons (Fsp3) is 0.455. The molecule has 1 fully saturated rings. The van der Waals surface area contributed by atoms with Gasteiger partial charge in [0.05, 0.1) is 13.2 Å². The first kappa shape index (κ1) is 19.4. The van der Waals surface area contributed by atoms with Crippen LogP contribution in [0.2, 0.25) is 0 Å². The summed E-state index contributed by atoms with van der Waals surface area (Å²) in [5.74, 6) is 1.04. The largest absolute Gasteiger partial charge is 0.497 e. The molecule has 0 unspecified atom stereocenters. The highest BCUT2D eigenvalue weighted by Crippen LogP contribution is 2.21. The molecule has 1 aromatic carbocycles. The Morgan fingerprint density at radius 1 is 1.07 bits per heavy atom. The minimum Gasteiger partial charge on any atom is -0.497 e. The molecule has 2 aromatic rings. The van der Waals surface area contributed by atoms with Crippen LogP contribution in [0.1, 0.15) is 36.8 Å². The summed E-state index contributed by atoms with van der Waals surface area (Å²) in [5.41, 5.74) is 2.21. The predicted octanol–water partition coefficient (Wildman–Crippen LogP) is 3.49. The Labute approximate surface area is 162 Å². The predicted molar refractivity (Wildman–Crippen MR) is 106 cm³/mol. The summed E-state index contributed by atoms with van der Waals surface area (Å²) < 4.78 is 5.25. The Hall–Kier alpha value is -2.40. The van der Waals surface area contributed by atoms with Gasteiger partial charge in [-0.05, 0) is 61.8 Å². The Morgan fingerprint density at radius 3 is 2.41 bits per heavy atom. The van der Waals surface area contributed by atoms with E-state index in [4.69, 9.17) is 4.74 Å². The van der Waals surface area contributed by atoms with Crippen LogP contribution in [-0.4, -0.2) is 47.4 Å². The van der Waals surface area contributed by atoms with Crippen molar-refractivity contribution in [3.8, 4) is 5.75 Å². The third-order valence-electron chi connectivity index (χ3n) is 5.27. The van der Waals surface area contributed by atoms with Gasteiger partial charge < -0.3 is 9.64 Å². The maximum absolute atomic E-state index is 13.4. The molecule has 1 saturated heterocycles. The molecular formula is C22H29N3O2. The van der Waals surface area contributed by atoms with E-state index >= 15 is 0 Å². The van der Waals surface area contributed by atoms with Crippen molar-refractivity contribution in [1.82, 2.24) is 14.8 Å². The number of aromatic nitrogens is 1. The number of benzene rings is 1. The third-order valence-corrected chi connectivity index (χ3v) is 5.27. The van der Waals surface area contributed by atoms with Gasteiger partial charge in [0, 0.05) is 25.5 Å². The fourth-order valence-corrected chi connectivity index (χ4v) is 3.65. The smallest absolute Gasteiger partial charge is 0.240 e. The zero-order chi connectivity index (χ0) is 19.1. The van der Waals surface area contributed by atoms with Crippen LogP contribution in [-0.2, 0) is 17.9 Å². The number of hydrogen-bond donors (Lipinski definition) is 0. The summed E-state index contributed by atoms with van der Waals surface area (Å²) in [5, 5.41) is 0. The van der Waals surface area contributed by atoms with E-state index in [1.165, 1.54) is 12.8 Å². The lowest BCUT2D eigenvalue weighted by Gasteiger charge is -2.31. The molecule has 2 heterocycles. The number of pyridine rings is 1. The molecule has 0 spiro atoms. The molecule has 144 valence electrons. The summed E-state index contributed by atoms with van der Waals surface area (Å²) in [7, 11) is 3.74. The Kier molecular flexibility index (Phi) is 6.82. The second kappa shape index (κ2) is 9.51. The molecule has 1 aliphatic heterocycles. The number of methoxy groups -OCH3 is 1. The highest BCUT2D eigenvalue weighted by molar-refractivity contribution is 5.82. The highest BCUT2D eigenvalue weighted by Gasteiger charge is 2.29. The van der Waals surface area contributed by atoms with Crippen LogP contribution in [0.25, 0.3) is 0 Å². The van der Waals surface area contributed by atoms with Gasteiger partial charge in [0.2, 0.25) is 5.91 Å². The molecule has 0 saturated carbocycles. The number of amides is 1. The van der Waals surface area contributed by atoms with Crippen molar-refractivity contribution in [3.05, 3.63) is 59.9 Å². The Bertz CT molecular complexity index is 718. The van der Waals surface area contributed by atoms with Crippen molar-refractivity contribution in [2.75, 3.05) is 20.7 Å². The van der Waals surface area contributed by atoms with Crippen molar-refractivity contribution >= 4 is 5.91 Å². The normalized spacial score (nSPS) is 17.9. The number of hydrogen-bond acceptors (Lipinski definition) is 4. The van der Waals surface area contributed by atoms with Crippen molar-refractivity contribution in [2.24, 2.45) is 0 Å². The van der Waals surface area contributed by atoms with Gasteiger partial charge in [-0.2, -0.15) is 0 Å². The van der Waals surface area contributed by atoms with Crippen LogP contribution < -0.4 is 4.74 Å². The van der Waals surface area contributed by atoms with E-state index in [0.717, 1.165) is 36.3 Å². The molecule has 3 rings (SSSR count). The summed E-state index contributed by atoms with van der Waals surface area (Å²) >= 11 is 0. The molecule has 0 radical (unpaired) electrons. The number of carbonyl (C=O) groups is 1. The molecule has 0 N–H and O–H groups in total. The molecular weight excluding hydrogens is 338 g/mol. The van der Waals surface area contributed by atoms with E-state index in [1.807, 2.05) is 41.3 Å². The van der Waals surface area contributed by atoms with Crippen LogP contribution in [0.4, 0.5) is 0 Å². The van der Waals surface area contributed by atoms with Gasteiger partial charge in [-0.15, -0.1) is 0 Å².